The summed E-state index contributed by atoms with van der Waals surface area (Å²) in [6, 6.07) is 18.5. The molecule has 0 amide bonds. The summed E-state index contributed by atoms with van der Waals surface area (Å²) in [5.41, 5.74) is 2.38. The lowest BCUT2D eigenvalue weighted by molar-refractivity contribution is 0.00966. The molecule has 1 aliphatic heterocycles. The van der Waals surface area contributed by atoms with Crippen molar-refractivity contribution in [2.45, 2.75) is 35.9 Å². The van der Waals surface area contributed by atoms with Gasteiger partial charge in [0.2, 0.25) is 0 Å². The molecule has 3 nitrogen and oxygen atoms in total. The maximum Gasteiger partial charge on any atom is 0.0957 e. The van der Waals surface area contributed by atoms with Crippen molar-refractivity contribution in [3.8, 4) is 0 Å². The van der Waals surface area contributed by atoms with Crippen molar-refractivity contribution in [1.82, 2.24) is 0 Å². The minimum absolute atomic E-state index is 0.00785. The molecular weight excluding hydrogens is 308 g/mol. The topological polar surface area (TPSA) is 38.7 Å². The molecule has 3 atom stereocenters. The van der Waals surface area contributed by atoms with Gasteiger partial charge in [0.1, 0.15) is 0 Å². The normalized spacial score (nSPS) is 24.0. The second-order valence-corrected chi connectivity index (χ2v) is 7.09. The maximum atomic E-state index is 10.2. The Morgan fingerprint density at radius 2 is 1.87 bits per heavy atom. The van der Waals surface area contributed by atoms with E-state index in [4.69, 9.17) is 9.47 Å². The van der Waals surface area contributed by atoms with Crippen molar-refractivity contribution in [1.29, 1.82) is 0 Å². The number of ether oxygens (including phenoxy) is 2. The first kappa shape index (κ1) is 16.5. The number of thioether (sulfide) groups is 1. The number of hydrogen-bond donors (Lipinski definition) is 1. The Hall–Kier alpha value is -1.33. The van der Waals surface area contributed by atoms with Crippen LogP contribution in [0.15, 0.2) is 59.5 Å². The van der Waals surface area contributed by atoms with E-state index in [0.29, 0.717) is 19.8 Å². The van der Waals surface area contributed by atoms with E-state index in [2.05, 4.69) is 31.2 Å². The quantitative estimate of drug-likeness (QED) is 0.881. The van der Waals surface area contributed by atoms with Crippen LogP contribution in [0.3, 0.4) is 0 Å². The fourth-order valence-corrected chi connectivity index (χ4v) is 3.75. The third-order valence-electron chi connectivity index (χ3n) is 3.91. The molecule has 0 aromatic heterocycles. The molecule has 3 rings (SSSR count). The predicted octanol–water partition coefficient (Wildman–Crippen LogP) is 3.43. The van der Waals surface area contributed by atoms with E-state index in [1.54, 1.807) is 11.8 Å². The Labute approximate surface area is 141 Å². The predicted molar refractivity (Wildman–Crippen MR) is 92.7 cm³/mol. The number of rotatable bonds is 6. The van der Waals surface area contributed by atoms with Gasteiger partial charge in [-0.05, 0) is 24.6 Å². The van der Waals surface area contributed by atoms with Gasteiger partial charge in [-0.1, -0.05) is 48.0 Å². The number of benzene rings is 2. The van der Waals surface area contributed by atoms with Gasteiger partial charge in [-0.2, -0.15) is 0 Å². The summed E-state index contributed by atoms with van der Waals surface area (Å²) in [6.07, 6.45) is -0.536. The molecule has 122 valence electrons. The number of aliphatic hydroxyl groups excluding tert-OH is 1. The van der Waals surface area contributed by atoms with Crippen LogP contribution in [0.5, 0.6) is 0 Å². The Bertz CT molecular complexity index is 600. The fraction of sp³-hybridized carbons (Fsp3) is 0.368. The largest absolute Gasteiger partial charge is 0.389 e. The van der Waals surface area contributed by atoms with Gasteiger partial charge in [0.05, 0.1) is 37.3 Å². The highest BCUT2D eigenvalue weighted by atomic mass is 32.2. The molecule has 0 aliphatic carbocycles. The molecule has 4 heteroatoms. The zero-order chi connectivity index (χ0) is 16.1. The average molecular weight is 330 g/mol. The van der Waals surface area contributed by atoms with Gasteiger partial charge in [0.15, 0.2) is 0 Å². The summed E-state index contributed by atoms with van der Waals surface area (Å²) < 4.78 is 11.5. The SMILES string of the molecule is Cc1ccc(S[C@@H]2[C@@H](O)CO[C@@H]2COCc2ccccc2)cc1. The van der Waals surface area contributed by atoms with E-state index < -0.39 is 6.10 Å². The van der Waals surface area contributed by atoms with Crippen molar-refractivity contribution in [2.24, 2.45) is 0 Å². The van der Waals surface area contributed by atoms with E-state index in [0.717, 1.165) is 10.5 Å². The second-order valence-electron chi connectivity index (χ2n) is 5.84. The molecule has 2 aromatic carbocycles. The third kappa shape index (κ3) is 4.58. The molecule has 2 aromatic rings. The molecule has 0 bridgehead atoms. The van der Waals surface area contributed by atoms with Crippen molar-refractivity contribution in [3.05, 3.63) is 65.7 Å². The minimum atomic E-state index is -0.452. The third-order valence-corrected chi connectivity index (χ3v) is 5.35. The van der Waals surface area contributed by atoms with Gasteiger partial charge in [0, 0.05) is 4.90 Å². The van der Waals surface area contributed by atoms with Crippen LogP contribution in [0.25, 0.3) is 0 Å². The molecule has 0 saturated carbocycles. The number of aliphatic hydroxyl groups is 1. The highest BCUT2D eigenvalue weighted by Crippen LogP contribution is 2.33. The van der Waals surface area contributed by atoms with Gasteiger partial charge in [0.25, 0.3) is 0 Å². The molecule has 0 spiro atoms. The highest BCUT2D eigenvalue weighted by molar-refractivity contribution is 8.00. The van der Waals surface area contributed by atoms with Crippen molar-refractivity contribution < 1.29 is 14.6 Å². The Morgan fingerprint density at radius 1 is 1.13 bits per heavy atom. The van der Waals surface area contributed by atoms with Crippen LogP contribution in [0.2, 0.25) is 0 Å². The molecule has 1 fully saturated rings. The molecule has 1 heterocycles. The molecule has 1 aliphatic rings. The second kappa shape index (κ2) is 7.97. The first-order chi connectivity index (χ1) is 11.2. The summed E-state index contributed by atoms with van der Waals surface area (Å²) in [7, 11) is 0. The fourth-order valence-electron chi connectivity index (χ4n) is 2.60. The van der Waals surface area contributed by atoms with Gasteiger partial charge in [-0.3, -0.25) is 0 Å². The van der Waals surface area contributed by atoms with Crippen molar-refractivity contribution >= 4 is 11.8 Å². The Balaban J connectivity index is 1.54. The zero-order valence-electron chi connectivity index (χ0n) is 13.2. The summed E-state index contributed by atoms with van der Waals surface area (Å²) in [5, 5.41) is 10.2. The minimum Gasteiger partial charge on any atom is -0.389 e. The standard InChI is InChI=1S/C19H22O3S/c1-14-7-9-16(10-8-14)23-19-17(20)12-22-18(19)13-21-11-15-5-3-2-4-6-15/h2-10,17-20H,11-13H2,1H3/t17-,18+,19+/m0/s1. The lowest BCUT2D eigenvalue weighted by atomic mass is 10.2. The monoisotopic (exact) mass is 330 g/mol. The average Bonchev–Trinajstić information content (AvgIpc) is 2.91. The number of hydrogen-bond acceptors (Lipinski definition) is 4. The molecule has 1 N–H and O–H groups in total. The van der Waals surface area contributed by atoms with Crippen LogP contribution < -0.4 is 0 Å². The van der Waals surface area contributed by atoms with Crippen molar-refractivity contribution in [2.75, 3.05) is 13.2 Å². The Morgan fingerprint density at radius 3 is 2.61 bits per heavy atom. The lowest BCUT2D eigenvalue weighted by Crippen LogP contribution is -2.30. The lowest BCUT2D eigenvalue weighted by Gasteiger charge is -2.20. The van der Waals surface area contributed by atoms with Gasteiger partial charge in [-0.25, -0.2) is 0 Å². The van der Waals surface area contributed by atoms with E-state index in [-0.39, 0.29) is 11.4 Å². The van der Waals surface area contributed by atoms with Gasteiger partial charge >= 0.3 is 0 Å². The molecule has 0 unspecified atom stereocenters. The van der Waals surface area contributed by atoms with Crippen LogP contribution in [0.4, 0.5) is 0 Å². The zero-order valence-corrected chi connectivity index (χ0v) is 14.0. The van der Waals surface area contributed by atoms with Crippen LogP contribution >= 0.6 is 11.8 Å². The smallest absolute Gasteiger partial charge is 0.0957 e. The summed E-state index contributed by atoms with van der Waals surface area (Å²) in [6.45, 7) is 3.51. The van der Waals surface area contributed by atoms with E-state index in [1.807, 2.05) is 30.3 Å². The van der Waals surface area contributed by atoms with Crippen LogP contribution in [-0.2, 0) is 16.1 Å². The van der Waals surface area contributed by atoms with Gasteiger partial charge < -0.3 is 14.6 Å². The maximum absolute atomic E-state index is 10.2. The molecular formula is C19H22O3S. The first-order valence-electron chi connectivity index (χ1n) is 7.87. The Kier molecular flexibility index (Phi) is 5.73. The summed E-state index contributed by atoms with van der Waals surface area (Å²) >= 11 is 1.67. The van der Waals surface area contributed by atoms with Crippen LogP contribution in [0.1, 0.15) is 11.1 Å². The van der Waals surface area contributed by atoms with E-state index >= 15 is 0 Å². The molecule has 1 saturated heterocycles. The highest BCUT2D eigenvalue weighted by Gasteiger charge is 2.37. The van der Waals surface area contributed by atoms with Gasteiger partial charge in [-0.15, -0.1) is 11.8 Å². The molecule has 0 radical (unpaired) electrons. The van der Waals surface area contributed by atoms with Crippen molar-refractivity contribution in [3.63, 3.8) is 0 Å². The molecule has 23 heavy (non-hydrogen) atoms. The first-order valence-corrected chi connectivity index (χ1v) is 8.75. The summed E-state index contributed by atoms with van der Waals surface area (Å²) in [5.74, 6) is 0. The van der Waals surface area contributed by atoms with E-state index in [9.17, 15) is 5.11 Å². The van der Waals surface area contributed by atoms with E-state index in [1.165, 1.54) is 5.56 Å². The summed E-state index contributed by atoms with van der Waals surface area (Å²) in [4.78, 5) is 1.15. The van der Waals surface area contributed by atoms with Crippen LogP contribution in [0, 0.1) is 6.92 Å². The van der Waals surface area contributed by atoms with Crippen LogP contribution in [-0.4, -0.2) is 35.8 Å². The number of aryl methyl sites for hydroxylation is 1.